The molecule has 102 valence electrons. The van der Waals surface area contributed by atoms with Crippen LogP contribution in [0.1, 0.15) is 18.3 Å². The summed E-state index contributed by atoms with van der Waals surface area (Å²) in [5.41, 5.74) is 1.93. The van der Waals surface area contributed by atoms with Crippen molar-refractivity contribution in [3.05, 3.63) is 30.1 Å². The van der Waals surface area contributed by atoms with Crippen LogP contribution < -0.4 is 5.32 Å². The Balaban J connectivity index is 2.05. The molecule has 2 heterocycles. The second kappa shape index (κ2) is 4.61. The summed E-state index contributed by atoms with van der Waals surface area (Å²) in [7, 11) is -1.05. The van der Waals surface area contributed by atoms with E-state index in [2.05, 4.69) is 10.3 Å². The number of sulfone groups is 1. The number of fused-ring (bicyclic) bond motifs is 1. The highest BCUT2D eigenvalue weighted by Crippen LogP contribution is 2.22. The van der Waals surface area contributed by atoms with Crippen molar-refractivity contribution in [1.82, 2.24) is 14.9 Å². The Morgan fingerprint density at radius 2 is 2.16 bits per heavy atom. The molecule has 0 saturated carbocycles. The van der Waals surface area contributed by atoms with Gasteiger partial charge in [-0.2, -0.15) is 0 Å². The van der Waals surface area contributed by atoms with Crippen molar-refractivity contribution < 1.29 is 8.42 Å². The molecule has 2 aromatic rings. The first kappa shape index (κ1) is 12.6. The number of aromatic nitrogens is 2. The second-order valence-corrected chi connectivity index (χ2v) is 7.22. The summed E-state index contributed by atoms with van der Waals surface area (Å²) in [4.78, 5) is 4.58. The van der Waals surface area contributed by atoms with Gasteiger partial charge in [-0.1, -0.05) is 12.1 Å². The maximum atomic E-state index is 11.9. The number of imidazole rings is 1. The molecule has 0 radical (unpaired) electrons. The van der Waals surface area contributed by atoms with E-state index in [4.69, 9.17) is 0 Å². The molecule has 19 heavy (non-hydrogen) atoms. The molecule has 1 unspecified atom stereocenters. The lowest BCUT2D eigenvalue weighted by Crippen LogP contribution is -2.27. The van der Waals surface area contributed by atoms with Crippen LogP contribution in [0.25, 0.3) is 11.0 Å². The quantitative estimate of drug-likeness (QED) is 0.846. The zero-order valence-corrected chi connectivity index (χ0v) is 11.7. The molecule has 0 amide bonds. The number of nitrogens with one attached hydrogen (secondary N) is 1. The smallest absolute Gasteiger partial charge is 0.152 e. The van der Waals surface area contributed by atoms with Crippen LogP contribution in [-0.2, 0) is 16.9 Å². The minimum Gasteiger partial charge on any atom is -0.330 e. The number of para-hydroxylation sites is 2. The molecule has 1 aliphatic heterocycles. The second-order valence-electron chi connectivity index (χ2n) is 4.99. The third kappa shape index (κ3) is 2.37. The Hall–Kier alpha value is -1.40. The van der Waals surface area contributed by atoms with E-state index in [0.717, 1.165) is 16.9 Å². The standard InChI is InChI=1S/C13H17N3O2S/c1-16-12-6-3-2-5-10(12)15-13(16)11-9-19(17,18)8-4-7-14-11/h2-3,5-6,11,14H,4,7-9H2,1H3. The molecule has 0 aliphatic carbocycles. The number of rotatable bonds is 1. The minimum atomic E-state index is -2.99. The molecule has 1 fully saturated rings. The molecule has 0 bridgehead atoms. The van der Waals surface area contributed by atoms with Crippen LogP contribution in [0.4, 0.5) is 0 Å². The molecule has 3 rings (SSSR count). The lowest BCUT2D eigenvalue weighted by Gasteiger charge is -2.14. The monoisotopic (exact) mass is 279 g/mol. The van der Waals surface area contributed by atoms with Crippen molar-refractivity contribution in [2.75, 3.05) is 18.1 Å². The van der Waals surface area contributed by atoms with Gasteiger partial charge in [0.05, 0.1) is 28.6 Å². The summed E-state index contributed by atoms with van der Waals surface area (Å²) in [5.74, 6) is 1.19. The highest BCUT2D eigenvalue weighted by molar-refractivity contribution is 7.91. The molecular formula is C13H17N3O2S. The number of hydrogen-bond donors (Lipinski definition) is 1. The minimum absolute atomic E-state index is 0.129. The van der Waals surface area contributed by atoms with Crippen LogP contribution in [0, 0.1) is 0 Å². The van der Waals surface area contributed by atoms with Crippen molar-refractivity contribution >= 4 is 20.9 Å². The van der Waals surface area contributed by atoms with Gasteiger partial charge < -0.3 is 9.88 Å². The first-order chi connectivity index (χ1) is 9.07. The van der Waals surface area contributed by atoms with Crippen molar-refractivity contribution in [3.8, 4) is 0 Å². The maximum Gasteiger partial charge on any atom is 0.152 e. The van der Waals surface area contributed by atoms with E-state index in [1.165, 1.54) is 0 Å². The summed E-state index contributed by atoms with van der Waals surface area (Å²) < 4.78 is 25.8. The van der Waals surface area contributed by atoms with Crippen LogP contribution in [-0.4, -0.2) is 36.0 Å². The van der Waals surface area contributed by atoms with Crippen molar-refractivity contribution in [1.29, 1.82) is 0 Å². The SMILES string of the molecule is Cn1c(C2CS(=O)(=O)CCCN2)nc2ccccc21. The largest absolute Gasteiger partial charge is 0.330 e. The maximum absolute atomic E-state index is 11.9. The average molecular weight is 279 g/mol. The first-order valence-corrected chi connectivity index (χ1v) is 8.24. The third-order valence-electron chi connectivity index (χ3n) is 3.58. The van der Waals surface area contributed by atoms with Gasteiger partial charge in [-0.25, -0.2) is 13.4 Å². The lowest BCUT2D eigenvalue weighted by atomic mass is 10.3. The fourth-order valence-electron chi connectivity index (χ4n) is 2.61. The fraction of sp³-hybridized carbons (Fsp3) is 0.462. The summed E-state index contributed by atoms with van der Waals surface area (Å²) >= 11 is 0. The van der Waals surface area contributed by atoms with Gasteiger partial charge in [-0.05, 0) is 25.1 Å². The predicted octanol–water partition coefficient (Wildman–Crippen LogP) is 1.02. The van der Waals surface area contributed by atoms with E-state index in [9.17, 15) is 8.42 Å². The molecule has 1 atom stereocenters. The molecule has 6 heteroatoms. The molecule has 1 saturated heterocycles. The van der Waals surface area contributed by atoms with E-state index < -0.39 is 9.84 Å². The summed E-state index contributed by atoms with van der Waals surface area (Å²) in [5, 5.41) is 3.29. The topological polar surface area (TPSA) is 64.0 Å². The predicted molar refractivity (Wildman–Crippen MR) is 74.7 cm³/mol. The highest BCUT2D eigenvalue weighted by Gasteiger charge is 2.27. The Bertz CT molecular complexity index is 706. The van der Waals surface area contributed by atoms with Gasteiger partial charge >= 0.3 is 0 Å². The van der Waals surface area contributed by atoms with Gasteiger partial charge in [0, 0.05) is 7.05 Å². The zero-order chi connectivity index (χ0) is 13.5. The van der Waals surface area contributed by atoms with E-state index in [-0.39, 0.29) is 17.5 Å². The molecule has 0 spiro atoms. The Labute approximate surface area is 112 Å². The fourth-order valence-corrected chi connectivity index (χ4v) is 4.13. The number of aryl methyl sites for hydroxylation is 1. The van der Waals surface area contributed by atoms with Gasteiger partial charge in [0.15, 0.2) is 9.84 Å². The third-order valence-corrected chi connectivity index (χ3v) is 5.33. The van der Waals surface area contributed by atoms with Crippen LogP contribution in [0.15, 0.2) is 24.3 Å². The molecular weight excluding hydrogens is 262 g/mol. The molecule has 1 aliphatic rings. The van der Waals surface area contributed by atoms with Crippen molar-refractivity contribution in [2.24, 2.45) is 7.05 Å². The van der Waals surface area contributed by atoms with Crippen LogP contribution in [0.5, 0.6) is 0 Å². The molecule has 1 aromatic heterocycles. The zero-order valence-electron chi connectivity index (χ0n) is 10.8. The van der Waals surface area contributed by atoms with E-state index in [0.29, 0.717) is 13.0 Å². The van der Waals surface area contributed by atoms with Gasteiger partial charge in [0.2, 0.25) is 0 Å². The Morgan fingerprint density at radius 1 is 1.37 bits per heavy atom. The number of hydrogen-bond acceptors (Lipinski definition) is 4. The summed E-state index contributed by atoms with van der Waals surface area (Å²) in [6.45, 7) is 0.715. The Kier molecular flexibility index (Phi) is 3.06. The van der Waals surface area contributed by atoms with E-state index in [1.807, 2.05) is 35.9 Å². The van der Waals surface area contributed by atoms with Gasteiger partial charge in [0.25, 0.3) is 0 Å². The molecule has 1 N–H and O–H groups in total. The van der Waals surface area contributed by atoms with Crippen molar-refractivity contribution in [3.63, 3.8) is 0 Å². The average Bonchev–Trinajstić information content (AvgIpc) is 2.59. The van der Waals surface area contributed by atoms with Gasteiger partial charge in [-0.3, -0.25) is 0 Å². The summed E-state index contributed by atoms with van der Waals surface area (Å²) in [6.07, 6.45) is 0.669. The first-order valence-electron chi connectivity index (χ1n) is 6.42. The van der Waals surface area contributed by atoms with Gasteiger partial charge in [-0.15, -0.1) is 0 Å². The summed E-state index contributed by atoms with van der Waals surface area (Å²) in [6, 6.07) is 7.63. The highest BCUT2D eigenvalue weighted by atomic mass is 32.2. The Morgan fingerprint density at radius 3 is 2.95 bits per heavy atom. The van der Waals surface area contributed by atoms with Crippen LogP contribution in [0.2, 0.25) is 0 Å². The number of benzene rings is 1. The van der Waals surface area contributed by atoms with E-state index in [1.54, 1.807) is 0 Å². The van der Waals surface area contributed by atoms with Crippen molar-refractivity contribution in [2.45, 2.75) is 12.5 Å². The van der Waals surface area contributed by atoms with E-state index >= 15 is 0 Å². The van der Waals surface area contributed by atoms with Crippen LogP contribution in [0.3, 0.4) is 0 Å². The molecule has 1 aromatic carbocycles. The van der Waals surface area contributed by atoms with Gasteiger partial charge in [0.1, 0.15) is 5.82 Å². The molecule has 5 nitrogen and oxygen atoms in total. The van der Waals surface area contributed by atoms with Crippen LogP contribution >= 0.6 is 0 Å². The lowest BCUT2D eigenvalue weighted by molar-refractivity contribution is 0.539. The number of nitrogens with zero attached hydrogens (tertiary/aromatic N) is 2. The normalized spacial score (nSPS) is 23.3.